The third-order valence-electron chi connectivity index (χ3n) is 5.37. The van der Waals surface area contributed by atoms with E-state index in [1.807, 2.05) is 0 Å². The predicted molar refractivity (Wildman–Crippen MR) is 80.8 cm³/mol. The van der Waals surface area contributed by atoms with E-state index in [1.54, 1.807) is 0 Å². The maximum atomic E-state index is 6.17. The molecular weight excluding hydrogens is 250 g/mol. The largest absolute Gasteiger partial charge is 0.377 e. The molecular formula is C17H31NO2. The van der Waals surface area contributed by atoms with Crippen LogP contribution in [0.4, 0.5) is 0 Å². The summed E-state index contributed by atoms with van der Waals surface area (Å²) < 4.78 is 12.3. The van der Waals surface area contributed by atoms with Gasteiger partial charge in [-0.05, 0) is 51.4 Å². The van der Waals surface area contributed by atoms with Crippen LogP contribution < -0.4 is 5.32 Å². The molecule has 0 aromatic carbocycles. The van der Waals surface area contributed by atoms with Gasteiger partial charge in [0.15, 0.2) is 0 Å². The minimum atomic E-state index is 0.320. The second-order valence-electron chi connectivity index (χ2n) is 7.63. The molecule has 0 amide bonds. The van der Waals surface area contributed by atoms with E-state index in [2.05, 4.69) is 26.1 Å². The van der Waals surface area contributed by atoms with Gasteiger partial charge in [-0.3, -0.25) is 0 Å². The quantitative estimate of drug-likeness (QED) is 0.811. The fourth-order valence-electron chi connectivity index (χ4n) is 4.12. The summed E-state index contributed by atoms with van der Waals surface area (Å²) in [5, 5.41) is 3.69. The van der Waals surface area contributed by atoms with Crippen molar-refractivity contribution in [2.75, 3.05) is 13.2 Å². The third-order valence-corrected chi connectivity index (χ3v) is 5.37. The summed E-state index contributed by atoms with van der Waals surface area (Å²) in [6.45, 7) is 8.74. The summed E-state index contributed by atoms with van der Waals surface area (Å²) in [5.41, 5.74) is 0.320. The van der Waals surface area contributed by atoms with Crippen LogP contribution in [0.2, 0.25) is 0 Å². The van der Waals surface area contributed by atoms with Crippen molar-refractivity contribution in [3.05, 3.63) is 0 Å². The second-order valence-corrected chi connectivity index (χ2v) is 7.63. The summed E-state index contributed by atoms with van der Waals surface area (Å²) in [6.07, 6.45) is 9.01. The van der Waals surface area contributed by atoms with Crippen LogP contribution >= 0.6 is 0 Å². The molecule has 116 valence electrons. The molecule has 3 nitrogen and oxygen atoms in total. The van der Waals surface area contributed by atoms with E-state index in [4.69, 9.17) is 9.47 Å². The van der Waals surface area contributed by atoms with Crippen molar-refractivity contribution in [1.82, 2.24) is 5.32 Å². The number of rotatable bonds is 6. The summed E-state index contributed by atoms with van der Waals surface area (Å²) in [4.78, 5) is 0. The zero-order chi connectivity index (χ0) is 14.2. The maximum Gasteiger partial charge on any atom is 0.0673 e. The standard InChI is InChI=1S/C17H31NO2/c1-12(2)18-11-17(10-15-7-4-13(3)20-15)8-9-19-16(17)14-5-6-14/h12-16,18H,4-11H2,1-3H3. The molecule has 1 saturated carbocycles. The van der Waals surface area contributed by atoms with Crippen molar-refractivity contribution >= 4 is 0 Å². The van der Waals surface area contributed by atoms with Crippen LogP contribution in [0.1, 0.15) is 59.3 Å². The zero-order valence-corrected chi connectivity index (χ0v) is 13.4. The Labute approximate surface area is 123 Å². The van der Waals surface area contributed by atoms with Gasteiger partial charge in [0.05, 0.1) is 18.3 Å². The van der Waals surface area contributed by atoms with Crippen LogP contribution in [-0.4, -0.2) is 37.5 Å². The highest BCUT2D eigenvalue weighted by Crippen LogP contribution is 2.50. The van der Waals surface area contributed by atoms with Crippen LogP contribution in [0.25, 0.3) is 0 Å². The highest BCUT2D eigenvalue weighted by Gasteiger charge is 2.52. The lowest BCUT2D eigenvalue weighted by atomic mass is 9.74. The first-order valence-electron chi connectivity index (χ1n) is 8.59. The number of hydrogen-bond donors (Lipinski definition) is 1. The van der Waals surface area contributed by atoms with Gasteiger partial charge in [0.2, 0.25) is 0 Å². The van der Waals surface area contributed by atoms with Crippen molar-refractivity contribution in [3.8, 4) is 0 Å². The molecule has 0 spiro atoms. The van der Waals surface area contributed by atoms with E-state index in [9.17, 15) is 0 Å². The Balaban J connectivity index is 1.68. The third kappa shape index (κ3) is 3.20. The molecule has 0 radical (unpaired) electrons. The van der Waals surface area contributed by atoms with Crippen molar-refractivity contribution < 1.29 is 9.47 Å². The van der Waals surface area contributed by atoms with E-state index in [-0.39, 0.29) is 0 Å². The average molecular weight is 281 g/mol. The molecule has 0 aromatic rings. The van der Waals surface area contributed by atoms with Crippen LogP contribution in [0, 0.1) is 11.3 Å². The van der Waals surface area contributed by atoms with Crippen molar-refractivity contribution in [1.29, 1.82) is 0 Å². The summed E-state index contributed by atoms with van der Waals surface area (Å²) >= 11 is 0. The normalized spacial score (nSPS) is 41.7. The van der Waals surface area contributed by atoms with E-state index < -0.39 is 0 Å². The maximum absolute atomic E-state index is 6.17. The van der Waals surface area contributed by atoms with Gasteiger partial charge in [0, 0.05) is 24.6 Å². The fraction of sp³-hybridized carbons (Fsp3) is 1.00. The number of hydrogen-bond acceptors (Lipinski definition) is 3. The number of ether oxygens (including phenoxy) is 2. The second kappa shape index (κ2) is 5.94. The van der Waals surface area contributed by atoms with Gasteiger partial charge < -0.3 is 14.8 Å². The van der Waals surface area contributed by atoms with Crippen LogP contribution in [0.15, 0.2) is 0 Å². The van der Waals surface area contributed by atoms with Crippen LogP contribution in [0.5, 0.6) is 0 Å². The van der Waals surface area contributed by atoms with Crippen LogP contribution in [0.3, 0.4) is 0 Å². The van der Waals surface area contributed by atoms with Crippen molar-refractivity contribution in [2.24, 2.45) is 11.3 Å². The summed E-state index contributed by atoms with van der Waals surface area (Å²) in [6, 6.07) is 0.552. The predicted octanol–water partition coefficient (Wildman–Crippen LogP) is 3.13. The Morgan fingerprint density at radius 3 is 2.60 bits per heavy atom. The van der Waals surface area contributed by atoms with Gasteiger partial charge >= 0.3 is 0 Å². The first-order chi connectivity index (χ1) is 9.59. The molecule has 0 aromatic heterocycles. The topological polar surface area (TPSA) is 30.5 Å². The first-order valence-corrected chi connectivity index (χ1v) is 8.59. The molecule has 2 heterocycles. The van der Waals surface area contributed by atoms with Crippen molar-refractivity contribution in [2.45, 2.75) is 83.6 Å². The lowest BCUT2D eigenvalue weighted by Gasteiger charge is -2.37. The zero-order valence-electron chi connectivity index (χ0n) is 13.4. The molecule has 1 N–H and O–H groups in total. The lowest BCUT2D eigenvalue weighted by Crippen LogP contribution is -2.45. The van der Waals surface area contributed by atoms with E-state index in [1.165, 1.54) is 38.5 Å². The molecule has 20 heavy (non-hydrogen) atoms. The minimum Gasteiger partial charge on any atom is -0.377 e. The Bertz CT molecular complexity index is 329. The lowest BCUT2D eigenvalue weighted by molar-refractivity contribution is -0.0197. The Kier molecular flexibility index (Phi) is 4.40. The SMILES string of the molecule is CC(C)NCC1(CC2CCC(C)O2)CCOC1C1CC1. The molecule has 3 heteroatoms. The Hall–Kier alpha value is -0.120. The first kappa shape index (κ1) is 14.8. The molecule has 3 fully saturated rings. The van der Waals surface area contributed by atoms with E-state index >= 15 is 0 Å². The molecule has 3 aliphatic rings. The van der Waals surface area contributed by atoms with Gasteiger partial charge in [0.1, 0.15) is 0 Å². The average Bonchev–Trinajstić information content (AvgIpc) is 3.04. The monoisotopic (exact) mass is 281 g/mol. The Morgan fingerprint density at radius 2 is 2.00 bits per heavy atom. The molecule has 4 atom stereocenters. The smallest absolute Gasteiger partial charge is 0.0673 e. The van der Waals surface area contributed by atoms with Crippen LogP contribution in [-0.2, 0) is 9.47 Å². The van der Waals surface area contributed by atoms with E-state index in [0.717, 1.165) is 19.1 Å². The molecule has 2 saturated heterocycles. The molecule has 0 bridgehead atoms. The van der Waals surface area contributed by atoms with E-state index in [0.29, 0.717) is 29.8 Å². The summed E-state index contributed by atoms with van der Waals surface area (Å²) in [5.74, 6) is 0.824. The van der Waals surface area contributed by atoms with Gasteiger partial charge in [-0.1, -0.05) is 13.8 Å². The molecule has 2 aliphatic heterocycles. The van der Waals surface area contributed by atoms with Gasteiger partial charge in [-0.15, -0.1) is 0 Å². The van der Waals surface area contributed by atoms with Gasteiger partial charge in [0.25, 0.3) is 0 Å². The van der Waals surface area contributed by atoms with Gasteiger partial charge in [-0.25, -0.2) is 0 Å². The molecule has 3 rings (SSSR count). The summed E-state index contributed by atoms with van der Waals surface area (Å²) in [7, 11) is 0. The van der Waals surface area contributed by atoms with Crippen molar-refractivity contribution in [3.63, 3.8) is 0 Å². The number of nitrogens with one attached hydrogen (secondary N) is 1. The fourth-order valence-corrected chi connectivity index (χ4v) is 4.12. The highest BCUT2D eigenvalue weighted by molar-refractivity contribution is 5.02. The minimum absolute atomic E-state index is 0.320. The Morgan fingerprint density at radius 1 is 1.20 bits per heavy atom. The highest BCUT2D eigenvalue weighted by atomic mass is 16.5. The van der Waals surface area contributed by atoms with Gasteiger partial charge in [-0.2, -0.15) is 0 Å². The molecule has 1 aliphatic carbocycles. The molecule has 4 unspecified atom stereocenters.